The minimum atomic E-state index is -4.75. The van der Waals surface area contributed by atoms with Crippen LogP contribution in [0.2, 0.25) is 0 Å². The second kappa shape index (κ2) is 6.99. The first-order valence-corrected chi connectivity index (χ1v) is 8.30. The first-order chi connectivity index (χ1) is 11.5. The lowest BCUT2D eigenvalue weighted by molar-refractivity contribution is -0.139. The SMILES string of the molecule is Cc1nc(C(C)N(C)C(=O)Cn2cccc(C(F)(F)F)c2=O)c(C)s1. The zero-order valence-corrected chi connectivity index (χ0v) is 15.0. The van der Waals surface area contributed by atoms with Crippen LogP contribution in [0.1, 0.15) is 34.1 Å². The van der Waals surface area contributed by atoms with Gasteiger partial charge in [0.2, 0.25) is 5.91 Å². The lowest BCUT2D eigenvalue weighted by Gasteiger charge is -2.24. The van der Waals surface area contributed by atoms with Crippen molar-refractivity contribution in [1.82, 2.24) is 14.5 Å². The van der Waals surface area contributed by atoms with E-state index >= 15 is 0 Å². The molecule has 0 aromatic carbocycles. The van der Waals surface area contributed by atoms with Crippen LogP contribution in [0.3, 0.4) is 0 Å². The Morgan fingerprint density at radius 3 is 2.56 bits per heavy atom. The highest BCUT2D eigenvalue weighted by molar-refractivity contribution is 7.11. The van der Waals surface area contributed by atoms with Gasteiger partial charge in [-0.25, -0.2) is 4.98 Å². The van der Waals surface area contributed by atoms with E-state index in [0.29, 0.717) is 6.07 Å². The number of likely N-dealkylation sites (N-methyl/N-ethyl adjacent to an activating group) is 1. The summed E-state index contributed by atoms with van der Waals surface area (Å²) in [6, 6.07) is 1.46. The summed E-state index contributed by atoms with van der Waals surface area (Å²) in [6.07, 6.45) is -3.58. The lowest BCUT2D eigenvalue weighted by atomic mass is 10.2. The number of carbonyl (C=O) groups excluding carboxylic acids is 1. The van der Waals surface area contributed by atoms with Crippen molar-refractivity contribution in [1.29, 1.82) is 0 Å². The fourth-order valence-corrected chi connectivity index (χ4v) is 3.37. The fourth-order valence-electron chi connectivity index (χ4n) is 2.47. The van der Waals surface area contributed by atoms with E-state index < -0.39 is 29.8 Å². The van der Waals surface area contributed by atoms with Gasteiger partial charge >= 0.3 is 6.18 Å². The number of hydrogen-bond acceptors (Lipinski definition) is 4. The van der Waals surface area contributed by atoms with Crippen LogP contribution >= 0.6 is 11.3 Å². The van der Waals surface area contributed by atoms with Crippen molar-refractivity contribution in [2.45, 2.75) is 39.5 Å². The van der Waals surface area contributed by atoms with Crippen molar-refractivity contribution < 1.29 is 18.0 Å². The molecule has 2 aromatic heterocycles. The maximum atomic E-state index is 12.8. The maximum absolute atomic E-state index is 12.8. The van der Waals surface area contributed by atoms with Gasteiger partial charge in [0.1, 0.15) is 12.1 Å². The quantitative estimate of drug-likeness (QED) is 0.827. The molecule has 0 aliphatic heterocycles. The van der Waals surface area contributed by atoms with Crippen LogP contribution < -0.4 is 5.56 Å². The summed E-state index contributed by atoms with van der Waals surface area (Å²) in [5.41, 5.74) is -1.77. The number of amides is 1. The van der Waals surface area contributed by atoms with Crippen molar-refractivity contribution in [3.05, 3.63) is 49.8 Å². The van der Waals surface area contributed by atoms with Crippen molar-refractivity contribution >= 4 is 17.2 Å². The van der Waals surface area contributed by atoms with Crippen molar-refractivity contribution in [2.75, 3.05) is 7.05 Å². The monoisotopic (exact) mass is 373 g/mol. The molecule has 136 valence electrons. The Morgan fingerprint density at radius 2 is 2.04 bits per heavy atom. The van der Waals surface area contributed by atoms with E-state index in [1.54, 1.807) is 14.0 Å². The second-order valence-corrected chi connectivity index (χ2v) is 7.11. The summed E-state index contributed by atoms with van der Waals surface area (Å²) < 4.78 is 39.2. The second-order valence-electron chi connectivity index (χ2n) is 5.71. The number of aryl methyl sites for hydroxylation is 2. The molecule has 1 unspecified atom stereocenters. The molecule has 25 heavy (non-hydrogen) atoms. The molecule has 2 heterocycles. The van der Waals surface area contributed by atoms with E-state index in [2.05, 4.69) is 4.98 Å². The smallest absolute Gasteiger partial charge is 0.336 e. The highest BCUT2D eigenvalue weighted by atomic mass is 32.1. The highest BCUT2D eigenvalue weighted by Gasteiger charge is 2.34. The van der Waals surface area contributed by atoms with Crippen LogP contribution in [0.4, 0.5) is 13.2 Å². The van der Waals surface area contributed by atoms with Crippen LogP contribution in [0.5, 0.6) is 0 Å². The standard InChI is InChI=1S/C16H18F3N3O2S/c1-9(14-10(2)25-11(3)20-14)21(4)13(23)8-22-7-5-6-12(15(22)24)16(17,18)19/h5-7,9H,8H2,1-4H3. The minimum Gasteiger partial charge on any atom is -0.336 e. The Morgan fingerprint density at radius 1 is 1.40 bits per heavy atom. The molecule has 5 nitrogen and oxygen atoms in total. The molecular weight excluding hydrogens is 355 g/mol. The third kappa shape index (κ3) is 4.09. The van der Waals surface area contributed by atoms with Gasteiger partial charge in [-0.1, -0.05) is 0 Å². The van der Waals surface area contributed by atoms with Gasteiger partial charge < -0.3 is 9.47 Å². The molecule has 9 heteroatoms. The number of rotatable bonds is 4. The number of halogens is 3. The summed E-state index contributed by atoms with van der Waals surface area (Å²) in [6.45, 7) is 5.07. The Labute approximate surface area is 146 Å². The maximum Gasteiger partial charge on any atom is 0.421 e. The molecule has 0 radical (unpaired) electrons. The zero-order valence-electron chi connectivity index (χ0n) is 14.2. The molecule has 0 saturated carbocycles. The Balaban J connectivity index is 2.22. The number of thiazole rings is 1. The van der Waals surface area contributed by atoms with Gasteiger partial charge in [-0.05, 0) is 32.9 Å². The summed E-state index contributed by atoms with van der Waals surface area (Å²) in [5, 5.41) is 0.870. The van der Waals surface area contributed by atoms with Crippen LogP contribution in [-0.4, -0.2) is 27.4 Å². The van der Waals surface area contributed by atoms with Crippen LogP contribution in [0, 0.1) is 13.8 Å². The molecule has 0 fully saturated rings. The zero-order chi connectivity index (χ0) is 18.9. The summed E-state index contributed by atoms with van der Waals surface area (Å²) in [5.74, 6) is -0.473. The Bertz CT molecular complexity index is 842. The Hall–Kier alpha value is -2.16. The summed E-state index contributed by atoms with van der Waals surface area (Å²) >= 11 is 1.51. The number of hydrogen-bond donors (Lipinski definition) is 0. The topological polar surface area (TPSA) is 55.2 Å². The van der Waals surface area contributed by atoms with E-state index in [0.717, 1.165) is 26.2 Å². The molecule has 0 aliphatic carbocycles. The third-order valence-electron chi connectivity index (χ3n) is 3.94. The third-order valence-corrected chi connectivity index (χ3v) is 4.84. The number of aromatic nitrogens is 2. The lowest BCUT2D eigenvalue weighted by Crippen LogP contribution is -2.37. The number of alkyl halides is 3. The molecular formula is C16H18F3N3O2S. The summed E-state index contributed by atoms with van der Waals surface area (Å²) in [4.78, 5) is 31.1. The van der Waals surface area contributed by atoms with Gasteiger partial charge in [-0.2, -0.15) is 13.2 Å². The van der Waals surface area contributed by atoms with Gasteiger partial charge in [0.25, 0.3) is 5.56 Å². The molecule has 0 spiro atoms. The highest BCUT2D eigenvalue weighted by Crippen LogP contribution is 2.27. The first kappa shape index (κ1) is 19.2. The fraction of sp³-hybridized carbons (Fsp3) is 0.438. The molecule has 1 atom stereocenters. The largest absolute Gasteiger partial charge is 0.421 e. The van der Waals surface area contributed by atoms with Crippen LogP contribution in [-0.2, 0) is 17.5 Å². The van der Waals surface area contributed by atoms with E-state index in [9.17, 15) is 22.8 Å². The van der Waals surface area contributed by atoms with E-state index in [1.807, 2.05) is 13.8 Å². The molecule has 0 aliphatic rings. The molecule has 2 rings (SSSR count). The van der Waals surface area contributed by atoms with Crippen molar-refractivity contribution in [3.8, 4) is 0 Å². The first-order valence-electron chi connectivity index (χ1n) is 7.48. The van der Waals surface area contributed by atoms with Gasteiger partial charge in [-0.3, -0.25) is 9.59 Å². The molecule has 0 saturated heterocycles. The van der Waals surface area contributed by atoms with E-state index in [4.69, 9.17) is 0 Å². The van der Waals surface area contributed by atoms with Gasteiger partial charge in [-0.15, -0.1) is 11.3 Å². The van der Waals surface area contributed by atoms with Gasteiger partial charge in [0.15, 0.2) is 0 Å². The minimum absolute atomic E-state index is 0.348. The predicted molar refractivity (Wildman–Crippen MR) is 88.5 cm³/mol. The molecule has 2 aromatic rings. The average molecular weight is 373 g/mol. The Kier molecular flexibility index (Phi) is 5.36. The number of nitrogens with zero attached hydrogens (tertiary/aromatic N) is 3. The molecule has 1 amide bonds. The van der Waals surface area contributed by atoms with Crippen molar-refractivity contribution in [3.63, 3.8) is 0 Å². The number of carbonyl (C=O) groups is 1. The van der Waals surface area contributed by atoms with Crippen molar-refractivity contribution in [2.24, 2.45) is 0 Å². The molecule has 0 N–H and O–H groups in total. The summed E-state index contributed by atoms with van der Waals surface area (Å²) in [7, 11) is 1.54. The van der Waals surface area contributed by atoms with Crippen LogP contribution in [0.15, 0.2) is 23.1 Å². The number of pyridine rings is 1. The molecule has 0 bridgehead atoms. The van der Waals surface area contributed by atoms with Gasteiger partial charge in [0.05, 0.1) is 16.7 Å². The van der Waals surface area contributed by atoms with E-state index in [-0.39, 0.29) is 6.04 Å². The predicted octanol–water partition coefficient (Wildman–Crippen LogP) is 3.16. The van der Waals surface area contributed by atoms with Gasteiger partial charge in [0, 0.05) is 18.1 Å². The van der Waals surface area contributed by atoms with Crippen LogP contribution in [0.25, 0.3) is 0 Å². The average Bonchev–Trinajstić information content (AvgIpc) is 2.85. The van der Waals surface area contributed by atoms with E-state index in [1.165, 1.54) is 22.4 Å². The normalized spacial score (nSPS) is 12.9.